The van der Waals surface area contributed by atoms with Gasteiger partial charge in [-0.15, -0.1) is 23.7 Å². The van der Waals surface area contributed by atoms with Crippen molar-refractivity contribution < 1.29 is 4.79 Å². The van der Waals surface area contributed by atoms with E-state index in [4.69, 9.17) is 0 Å². The molecule has 118 valence electrons. The van der Waals surface area contributed by atoms with Crippen LogP contribution in [0.3, 0.4) is 0 Å². The predicted octanol–water partition coefficient (Wildman–Crippen LogP) is 3.30. The minimum atomic E-state index is 0. The predicted molar refractivity (Wildman–Crippen MR) is 89.9 cm³/mol. The van der Waals surface area contributed by atoms with Crippen LogP contribution in [0.1, 0.15) is 38.0 Å². The fourth-order valence-corrected chi connectivity index (χ4v) is 4.16. The molecular weight excluding hydrogens is 304 g/mol. The van der Waals surface area contributed by atoms with Gasteiger partial charge in [0.1, 0.15) is 0 Å². The molecule has 0 radical (unpaired) electrons. The van der Waals surface area contributed by atoms with E-state index in [9.17, 15) is 4.79 Å². The zero-order valence-electron chi connectivity index (χ0n) is 12.8. The van der Waals surface area contributed by atoms with Gasteiger partial charge < -0.3 is 10.2 Å². The maximum atomic E-state index is 12.9. The fourth-order valence-electron chi connectivity index (χ4n) is 3.46. The first-order valence-corrected chi connectivity index (χ1v) is 8.54. The summed E-state index contributed by atoms with van der Waals surface area (Å²) >= 11 is 1.74. The number of amides is 1. The number of thiophene rings is 1. The van der Waals surface area contributed by atoms with Crippen molar-refractivity contribution in [1.82, 2.24) is 10.2 Å². The van der Waals surface area contributed by atoms with Crippen LogP contribution < -0.4 is 5.32 Å². The lowest BCUT2D eigenvalue weighted by atomic mass is 9.91. The van der Waals surface area contributed by atoms with Crippen LogP contribution in [0.2, 0.25) is 0 Å². The van der Waals surface area contributed by atoms with Gasteiger partial charge in [0.05, 0.1) is 6.54 Å². The molecule has 2 heterocycles. The molecule has 1 aromatic rings. The highest BCUT2D eigenvalue weighted by Gasteiger charge is 2.58. The second-order valence-electron chi connectivity index (χ2n) is 6.51. The Morgan fingerprint density at radius 3 is 2.76 bits per heavy atom. The Labute approximate surface area is 137 Å². The average Bonchev–Trinajstić information content (AvgIpc) is 2.88. The number of rotatable bonds is 4. The molecule has 1 amide bonds. The molecule has 3 nitrogen and oxygen atoms in total. The van der Waals surface area contributed by atoms with E-state index in [-0.39, 0.29) is 24.4 Å². The molecule has 1 unspecified atom stereocenters. The lowest BCUT2D eigenvalue weighted by Crippen LogP contribution is -2.39. The molecule has 1 saturated carbocycles. The van der Waals surface area contributed by atoms with E-state index in [0.717, 1.165) is 26.1 Å². The van der Waals surface area contributed by atoms with Gasteiger partial charge in [0.15, 0.2) is 0 Å². The molecule has 2 fully saturated rings. The Morgan fingerprint density at radius 1 is 1.48 bits per heavy atom. The Balaban J connectivity index is 0.00000161. The number of nitrogens with one attached hydrogen (secondary N) is 1. The van der Waals surface area contributed by atoms with Crippen molar-refractivity contribution in [3.8, 4) is 0 Å². The van der Waals surface area contributed by atoms with E-state index in [2.05, 4.69) is 41.6 Å². The lowest BCUT2D eigenvalue weighted by Gasteiger charge is -2.29. The number of piperidine rings is 1. The van der Waals surface area contributed by atoms with E-state index in [1.807, 2.05) is 0 Å². The highest BCUT2D eigenvalue weighted by atomic mass is 35.5. The average molecular weight is 329 g/mol. The summed E-state index contributed by atoms with van der Waals surface area (Å²) in [5, 5.41) is 5.49. The van der Waals surface area contributed by atoms with Gasteiger partial charge >= 0.3 is 0 Å². The molecule has 2 aliphatic rings. The largest absolute Gasteiger partial charge is 0.335 e. The summed E-state index contributed by atoms with van der Waals surface area (Å²) < 4.78 is 0. The van der Waals surface area contributed by atoms with E-state index in [1.165, 1.54) is 17.7 Å². The third-order valence-electron chi connectivity index (χ3n) is 4.90. The molecule has 1 N–H and O–H groups in total. The zero-order chi connectivity index (χ0) is 14.2. The number of carbonyl (C=O) groups is 1. The molecule has 1 aromatic heterocycles. The van der Waals surface area contributed by atoms with Crippen LogP contribution in [0.25, 0.3) is 0 Å². The minimum absolute atomic E-state index is 0. The molecule has 1 saturated heterocycles. The number of hydrogen-bond acceptors (Lipinski definition) is 3. The number of hydrogen-bond donors (Lipinski definition) is 1. The third kappa shape index (κ3) is 3.43. The smallest absolute Gasteiger partial charge is 0.226 e. The van der Waals surface area contributed by atoms with Crippen LogP contribution in [-0.2, 0) is 11.3 Å². The van der Waals surface area contributed by atoms with Crippen molar-refractivity contribution in [2.75, 3.05) is 13.1 Å². The van der Waals surface area contributed by atoms with Gasteiger partial charge in [0.2, 0.25) is 5.91 Å². The maximum Gasteiger partial charge on any atom is 0.226 e. The van der Waals surface area contributed by atoms with Crippen molar-refractivity contribution in [1.29, 1.82) is 0 Å². The Bertz CT molecular complexity index is 469. The van der Waals surface area contributed by atoms with Crippen molar-refractivity contribution in [3.63, 3.8) is 0 Å². The maximum absolute atomic E-state index is 12.9. The second kappa shape index (κ2) is 6.67. The van der Waals surface area contributed by atoms with Crippen LogP contribution in [-0.4, -0.2) is 29.9 Å². The van der Waals surface area contributed by atoms with Crippen LogP contribution in [0.4, 0.5) is 0 Å². The summed E-state index contributed by atoms with van der Waals surface area (Å²) in [6.45, 7) is 7.19. The van der Waals surface area contributed by atoms with E-state index < -0.39 is 0 Å². The molecular formula is C16H25ClN2OS. The van der Waals surface area contributed by atoms with Crippen LogP contribution in [0, 0.1) is 11.3 Å². The number of halogens is 1. The Kier molecular flexibility index (Phi) is 5.33. The highest BCUT2D eigenvalue weighted by molar-refractivity contribution is 7.09. The first-order chi connectivity index (χ1) is 9.62. The molecule has 1 atom stereocenters. The fraction of sp³-hybridized carbons (Fsp3) is 0.688. The third-order valence-corrected chi connectivity index (χ3v) is 5.76. The topological polar surface area (TPSA) is 32.3 Å². The molecule has 0 bridgehead atoms. The molecule has 21 heavy (non-hydrogen) atoms. The van der Waals surface area contributed by atoms with Gasteiger partial charge in [-0.3, -0.25) is 4.79 Å². The molecule has 1 aliphatic heterocycles. The van der Waals surface area contributed by atoms with Crippen molar-refractivity contribution in [2.24, 2.45) is 11.3 Å². The number of carbonyl (C=O) groups excluding carboxylic acids is 1. The monoisotopic (exact) mass is 328 g/mol. The zero-order valence-corrected chi connectivity index (χ0v) is 14.4. The Hall–Kier alpha value is -0.580. The van der Waals surface area contributed by atoms with Crippen molar-refractivity contribution in [2.45, 2.75) is 45.7 Å². The van der Waals surface area contributed by atoms with Crippen LogP contribution >= 0.6 is 23.7 Å². The first-order valence-electron chi connectivity index (χ1n) is 7.66. The summed E-state index contributed by atoms with van der Waals surface area (Å²) in [7, 11) is 0. The quantitative estimate of drug-likeness (QED) is 0.919. The SMILES string of the molecule is CC(C)N(Cc1cccs1)C(=O)C1CC12CCNCC2.Cl. The first kappa shape index (κ1) is 16.8. The summed E-state index contributed by atoms with van der Waals surface area (Å²) in [6.07, 6.45) is 3.46. The molecule has 5 heteroatoms. The highest BCUT2D eigenvalue weighted by Crippen LogP contribution is 2.59. The van der Waals surface area contributed by atoms with Gasteiger partial charge in [0.25, 0.3) is 0 Å². The van der Waals surface area contributed by atoms with Gasteiger partial charge in [-0.25, -0.2) is 0 Å². The van der Waals surface area contributed by atoms with Gasteiger partial charge in [0, 0.05) is 16.8 Å². The molecule has 1 spiro atoms. The van der Waals surface area contributed by atoms with Crippen molar-refractivity contribution >= 4 is 29.7 Å². The van der Waals surface area contributed by atoms with Crippen LogP contribution in [0.5, 0.6) is 0 Å². The summed E-state index contributed by atoms with van der Waals surface area (Å²) in [5.41, 5.74) is 0.338. The second-order valence-corrected chi connectivity index (χ2v) is 7.54. The standard InChI is InChI=1S/C16H24N2OS.ClH/c1-12(2)18(11-13-4-3-9-20-13)15(19)14-10-16(14)5-7-17-8-6-16;/h3-4,9,12,14,17H,5-8,10-11H2,1-2H3;1H. The van der Waals surface area contributed by atoms with Gasteiger partial charge in [-0.05, 0) is 63.1 Å². The molecule has 1 aliphatic carbocycles. The van der Waals surface area contributed by atoms with Crippen LogP contribution in [0.15, 0.2) is 17.5 Å². The normalized spacial score (nSPS) is 22.9. The van der Waals surface area contributed by atoms with E-state index in [1.54, 1.807) is 11.3 Å². The summed E-state index contributed by atoms with van der Waals surface area (Å²) in [6, 6.07) is 4.47. The minimum Gasteiger partial charge on any atom is -0.335 e. The molecule has 0 aromatic carbocycles. The summed E-state index contributed by atoms with van der Waals surface area (Å²) in [4.78, 5) is 16.2. The van der Waals surface area contributed by atoms with Crippen molar-refractivity contribution in [3.05, 3.63) is 22.4 Å². The van der Waals surface area contributed by atoms with E-state index >= 15 is 0 Å². The van der Waals surface area contributed by atoms with Gasteiger partial charge in [-0.1, -0.05) is 6.07 Å². The molecule has 3 rings (SSSR count). The summed E-state index contributed by atoms with van der Waals surface area (Å²) in [5.74, 6) is 0.669. The number of nitrogens with zero attached hydrogens (tertiary/aromatic N) is 1. The Morgan fingerprint density at radius 2 is 2.19 bits per heavy atom. The van der Waals surface area contributed by atoms with E-state index in [0.29, 0.717) is 11.3 Å². The lowest BCUT2D eigenvalue weighted by molar-refractivity contribution is -0.136. The van der Waals surface area contributed by atoms with Gasteiger partial charge in [-0.2, -0.15) is 0 Å².